The van der Waals surface area contributed by atoms with Crippen LogP contribution in [0.5, 0.6) is 5.75 Å². The van der Waals surface area contributed by atoms with Gasteiger partial charge in [-0.3, -0.25) is 4.98 Å². The second-order valence-corrected chi connectivity index (χ2v) is 5.05. The van der Waals surface area contributed by atoms with Gasteiger partial charge in [-0.25, -0.2) is 4.79 Å². The lowest BCUT2D eigenvalue weighted by Crippen LogP contribution is -2.27. The number of hydrogen-bond acceptors (Lipinski definition) is 4. The maximum atomic E-state index is 11.3. The molecule has 0 spiro atoms. The minimum atomic E-state index is -0.526. The van der Waals surface area contributed by atoms with Crippen molar-refractivity contribution >= 4 is 28.1 Å². The average Bonchev–Trinajstić information content (AvgIpc) is 2.81. The van der Waals surface area contributed by atoms with E-state index < -0.39 is 5.76 Å². The molecule has 1 heterocycles. The zero-order valence-corrected chi connectivity index (χ0v) is 14.2. The molecule has 1 aromatic heterocycles. The third-order valence-corrected chi connectivity index (χ3v) is 3.42. The molecule has 0 bridgehead atoms. The van der Waals surface area contributed by atoms with Crippen LogP contribution in [0.15, 0.2) is 21.3 Å². The Hall–Kier alpha value is -1.27. The topological polar surface area (TPSA) is 69.5 Å². The van der Waals surface area contributed by atoms with Gasteiger partial charge >= 0.3 is 5.76 Å². The Balaban J connectivity index is 0.00000220. The van der Waals surface area contributed by atoms with E-state index in [1.165, 1.54) is 0 Å². The SMILES string of the molecule is Br.CCCN(CCC)CCc1ccc(O)c2[nH]c(=O)oc12. The Bertz CT molecular complexity index is 615. The summed E-state index contributed by atoms with van der Waals surface area (Å²) < 4.78 is 5.14. The summed E-state index contributed by atoms with van der Waals surface area (Å²) in [5.41, 5.74) is 1.82. The molecule has 1 aromatic carbocycles. The van der Waals surface area contributed by atoms with Gasteiger partial charge in [0, 0.05) is 6.54 Å². The van der Waals surface area contributed by atoms with E-state index in [0.29, 0.717) is 11.1 Å². The highest BCUT2D eigenvalue weighted by Crippen LogP contribution is 2.25. The van der Waals surface area contributed by atoms with Gasteiger partial charge in [0.1, 0.15) is 11.3 Å². The Kier molecular flexibility index (Phi) is 6.98. The molecule has 0 radical (unpaired) electrons. The molecular formula is C15H23BrN2O3. The van der Waals surface area contributed by atoms with Crippen LogP contribution in [0.25, 0.3) is 11.1 Å². The molecule has 21 heavy (non-hydrogen) atoms. The summed E-state index contributed by atoms with van der Waals surface area (Å²) in [6.07, 6.45) is 3.06. The summed E-state index contributed by atoms with van der Waals surface area (Å²) in [5.74, 6) is -0.477. The van der Waals surface area contributed by atoms with Crippen molar-refractivity contribution in [3.63, 3.8) is 0 Å². The zero-order chi connectivity index (χ0) is 14.5. The fourth-order valence-corrected chi connectivity index (χ4v) is 2.52. The van der Waals surface area contributed by atoms with Crippen LogP contribution in [0, 0.1) is 0 Å². The Morgan fingerprint density at radius 1 is 1.19 bits per heavy atom. The lowest BCUT2D eigenvalue weighted by Gasteiger charge is -2.20. The highest BCUT2D eigenvalue weighted by Gasteiger charge is 2.12. The fourth-order valence-electron chi connectivity index (χ4n) is 2.52. The highest BCUT2D eigenvalue weighted by atomic mass is 79.9. The number of nitrogens with zero attached hydrogens (tertiary/aromatic N) is 1. The van der Waals surface area contributed by atoms with Crippen LogP contribution in [-0.4, -0.2) is 34.6 Å². The van der Waals surface area contributed by atoms with Crippen molar-refractivity contribution in [1.29, 1.82) is 0 Å². The molecule has 0 saturated heterocycles. The number of aromatic amines is 1. The van der Waals surface area contributed by atoms with Gasteiger partial charge in [0.05, 0.1) is 0 Å². The second kappa shape index (κ2) is 8.24. The fraction of sp³-hybridized carbons (Fsp3) is 0.533. The van der Waals surface area contributed by atoms with Crippen LogP contribution in [0.3, 0.4) is 0 Å². The van der Waals surface area contributed by atoms with Gasteiger partial charge in [-0.15, -0.1) is 17.0 Å². The number of hydrogen-bond donors (Lipinski definition) is 2. The van der Waals surface area contributed by atoms with Crippen LogP contribution in [0.1, 0.15) is 32.3 Å². The van der Waals surface area contributed by atoms with Gasteiger partial charge in [0.2, 0.25) is 0 Å². The first-order chi connectivity index (χ1) is 9.65. The zero-order valence-electron chi connectivity index (χ0n) is 12.5. The maximum absolute atomic E-state index is 11.3. The first-order valence-electron chi connectivity index (χ1n) is 7.21. The highest BCUT2D eigenvalue weighted by molar-refractivity contribution is 8.93. The van der Waals surface area contributed by atoms with E-state index in [-0.39, 0.29) is 22.7 Å². The summed E-state index contributed by atoms with van der Waals surface area (Å²) in [6.45, 7) is 7.42. The molecule has 5 nitrogen and oxygen atoms in total. The third-order valence-electron chi connectivity index (χ3n) is 3.42. The predicted octanol–water partition coefficient (Wildman–Crippen LogP) is 3.07. The molecule has 0 unspecified atom stereocenters. The van der Waals surface area contributed by atoms with E-state index in [1.807, 2.05) is 6.07 Å². The quantitative estimate of drug-likeness (QED) is 0.797. The first-order valence-corrected chi connectivity index (χ1v) is 7.21. The van der Waals surface area contributed by atoms with Crippen LogP contribution in [0.4, 0.5) is 0 Å². The van der Waals surface area contributed by atoms with Gasteiger partial charge in [0.15, 0.2) is 5.58 Å². The number of aromatic nitrogens is 1. The van der Waals surface area contributed by atoms with E-state index >= 15 is 0 Å². The Morgan fingerprint density at radius 2 is 1.86 bits per heavy atom. The van der Waals surface area contributed by atoms with Crippen molar-refractivity contribution < 1.29 is 9.52 Å². The van der Waals surface area contributed by atoms with Crippen molar-refractivity contribution in [3.05, 3.63) is 28.2 Å². The molecule has 2 rings (SSSR count). The number of rotatable bonds is 7. The summed E-state index contributed by atoms with van der Waals surface area (Å²) in [6, 6.07) is 3.43. The van der Waals surface area contributed by atoms with E-state index in [0.717, 1.165) is 44.5 Å². The average molecular weight is 359 g/mol. The van der Waals surface area contributed by atoms with Crippen LogP contribution in [0.2, 0.25) is 0 Å². The van der Waals surface area contributed by atoms with E-state index in [4.69, 9.17) is 4.42 Å². The van der Waals surface area contributed by atoms with E-state index in [1.54, 1.807) is 6.07 Å². The van der Waals surface area contributed by atoms with Gasteiger partial charge in [0.25, 0.3) is 0 Å². The Morgan fingerprint density at radius 3 is 2.48 bits per heavy atom. The maximum Gasteiger partial charge on any atom is 0.417 e. The molecular weight excluding hydrogens is 336 g/mol. The van der Waals surface area contributed by atoms with Gasteiger partial charge in [-0.05, 0) is 44.0 Å². The second-order valence-electron chi connectivity index (χ2n) is 5.05. The number of phenolic OH excluding ortho intramolecular Hbond substituents is 1. The summed E-state index contributed by atoms with van der Waals surface area (Å²) in [4.78, 5) is 16.2. The van der Waals surface area contributed by atoms with Crippen LogP contribution < -0.4 is 5.76 Å². The number of H-pyrrole nitrogens is 1. The van der Waals surface area contributed by atoms with Gasteiger partial charge in [-0.1, -0.05) is 19.9 Å². The van der Waals surface area contributed by atoms with Crippen molar-refractivity contribution in [2.45, 2.75) is 33.1 Å². The van der Waals surface area contributed by atoms with Gasteiger partial charge in [-0.2, -0.15) is 0 Å². The Labute approximate surface area is 134 Å². The molecule has 6 heteroatoms. The van der Waals surface area contributed by atoms with E-state index in [9.17, 15) is 9.90 Å². The molecule has 0 amide bonds. The van der Waals surface area contributed by atoms with Crippen LogP contribution >= 0.6 is 17.0 Å². The van der Waals surface area contributed by atoms with E-state index in [2.05, 4.69) is 23.7 Å². The van der Waals surface area contributed by atoms with Crippen LogP contribution in [-0.2, 0) is 6.42 Å². The lowest BCUT2D eigenvalue weighted by molar-refractivity contribution is 0.278. The number of phenols is 1. The predicted molar refractivity (Wildman–Crippen MR) is 89.5 cm³/mol. The standard InChI is InChI=1S/C15H22N2O3.BrH/c1-3-8-17(9-4-2)10-7-11-5-6-12(18)13-14(11)20-15(19)16-13;/h5-6,18H,3-4,7-10H2,1-2H3,(H,16,19);1H. The van der Waals surface area contributed by atoms with Crippen molar-refractivity contribution in [2.75, 3.05) is 19.6 Å². The normalized spacial score (nSPS) is 11.0. The number of benzene rings is 1. The summed E-state index contributed by atoms with van der Waals surface area (Å²) in [7, 11) is 0. The minimum Gasteiger partial charge on any atom is -0.506 e. The van der Waals surface area contributed by atoms with Crippen molar-refractivity contribution in [1.82, 2.24) is 9.88 Å². The molecule has 0 saturated carbocycles. The summed E-state index contributed by atoms with van der Waals surface area (Å²) >= 11 is 0. The molecule has 2 N–H and O–H groups in total. The smallest absolute Gasteiger partial charge is 0.417 e. The molecule has 0 atom stereocenters. The number of oxazole rings is 1. The number of nitrogens with one attached hydrogen (secondary N) is 1. The lowest BCUT2D eigenvalue weighted by atomic mass is 10.1. The summed E-state index contributed by atoms with van der Waals surface area (Å²) in [5, 5.41) is 9.71. The molecule has 0 aliphatic carbocycles. The molecule has 0 aliphatic heterocycles. The minimum absolute atomic E-state index is 0. The number of aromatic hydroxyl groups is 1. The third kappa shape index (κ3) is 4.35. The monoisotopic (exact) mass is 358 g/mol. The van der Waals surface area contributed by atoms with Crippen molar-refractivity contribution in [3.8, 4) is 5.75 Å². The largest absolute Gasteiger partial charge is 0.506 e. The number of fused-ring (bicyclic) bond motifs is 1. The molecule has 0 fully saturated rings. The number of halogens is 1. The first kappa shape index (κ1) is 17.8. The molecule has 2 aromatic rings. The van der Waals surface area contributed by atoms with Gasteiger partial charge < -0.3 is 14.4 Å². The molecule has 0 aliphatic rings. The van der Waals surface area contributed by atoms with Crippen molar-refractivity contribution in [2.24, 2.45) is 0 Å². The molecule has 118 valence electrons.